The number of H-pyrrole nitrogens is 1. The summed E-state index contributed by atoms with van der Waals surface area (Å²) in [6, 6.07) is 7.94. The lowest BCUT2D eigenvalue weighted by Gasteiger charge is -1.88. The van der Waals surface area contributed by atoms with Crippen LogP contribution >= 0.6 is 12.6 Å². The van der Waals surface area contributed by atoms with Crippen molar-refractivity contribution in [1.82, 2.24) is 9.97 Å². The topological polar surface area (TPSA) is 66.0 Å². The summed E-state index contributed by atoms with van der Waals surface area (Å²) >= 11 is 3.59. The van der Waals surface area contributed by atoms with E-state index in [1.54, 1.807) is 6.33 Å². The van der Waals surface area contributed by atoms with Gasteiger partial charge in [0.2, 0.25) is 0 Å². The highest BCUT2D eigenvalue weighted by Crippen LogP contribution is 2.05. The predicted molar refractivity (Wildman–Crippen MR) is 62.2 cm³/mol. The highest BCUT2D eigenvalue weighted by Gasteiger charge is 2.00. The molecule has 1 heterocycles. The fraction of sp³-hybridized carbons (Fsp3) is 0.200. The number of aliphatic carboxylic acids is 1. The third kappa shape index (κ3) is 3.63. The van der Waals surface area contributed by atoms with E-state index >= 15 is 0 Å². The van der Waals surface area contributed by atoms with Crippen LogP contribution in [-0.4, -0.2) is 26.3 Å². The van der Waals surface area contributed by atoms with Gasteiger partial charge in [-0.3, -0.25) is 4.79 Å². The molecule has 0 radical (unpaired) electrons. The number of rotatable bonds is 1. The van der Waals surface area contributed by atoms with E-state index in [9.17, 15) is 4.79 Å². The molecule has 1 unspecified atom stereocenters. The Hall–Kier alpha value is -1.49. The van der Waals surface area contributed by atoms with Crippen LogP contribution in [0.15, 0.2) is 30.6 Å². The maximum absolute atomic E-state index is 9.62. The van der Waals surface area contributed by atoms with Gasteiger partial charge in [-0.25, -0.2) is 4.98 Å². The largest absolute Gasteiger partial charge is 0.480 e. The van der Waals surface area contributed by atoms with Crippen LogP contribution in [0.2, 0.25) is 0 Å². The van der Waals surface area contributed by atoms with Crippen LogP contribution in [0.1, 0.15) is 6.92 Å². The van der Waals surface area contributed by atoms with Gasteiger partial charge < -0.3 is 10.1 Å². The van der Waals surface area contributed by atoms with Gasteiger partial charge >= 0.3 is 5.97 Å². The number of carboxylic acids is 1. The van der Waals surface area contributed by atoms with Gasteiger partial charge in [0.1, 0.15) is 0 Å². The number of benzene rings is 1. The summed E-state index contributed by atoms with van der Waals surface area (Å²) in [7, 11) is 0. The highest BCUT2D eigenvalue weighted by molar-refractivity contribution is 7.81. The number of carboxylic acid groups (broad SMARTS) is 1. The molecular formula is C10H12N2O2S. The summed E-state index contributed by atoms with van der Waals surface area (Å²) in [5.74, 6) is -0.877. The molecule has 0 aliphatic carbocycles. The molecule has 0 amide bonds. The van der Waals surface area contributed by atoms with Crippen molar-refractivity contribution in [2.75, 3.05) is 0 Å². The Labute approximate surface area is 92.8 Å². The van der Waals surface area contributed by atoms with E-state index < -0.39 is 11.2 Å². The van der Waals surface area contributed by atoms with E-state index in [4.69, 9.17) is 5.11 Å². The molecule has 2 rings (SSSR count). The van der Waals surface area contributed by atoms with E-state index in [2.05, 4.69) is 22.6 Å². The van der Waals surface area contributed by atoms with E-state index in [0.717, 1.165) is 11.0 Å². The quantitative estimate of drug-likeness (QED) is 0.649. The third-order valence-electron chi connectivity index (χ3n) is 1.69. The molecule has 80 valence electrons. The van der Waals surface area contributed by atoms with Gasteiger partial charge in [0.15, 0.2) is 0 Å². The van der Waals surface area contributed by atoms with Gasteiger partial charge in [0, 0.05) is 0 Å². The molecule has 2 N–H and O–H groups in total. The first-order valence-electron chi connectivity index (χ1n) is 4.40. The Morgan fingerprint density at radius 3 is 2.67 bits per heavy atom. The molecule has 0 spiro atoms. The average Bonchev–Trinajstić information content (AvgIpc) is 2.66. The number of fused-ring (bicyclic) bond motifs is 1. The Morgan fingerprint density at radius 2 is 2.13 bits per heavy atom. The molecule has 5 heteroatoms. The minimum absolute atomic E-state index is 0.537. The second kappa shape index (κ2) is 5.41. The van der Waals surface area contributed by atoms with Crippen LogP contribution < -0.4 is 0 Å². The zero-order valence-corrected chi connectivity index (χ0v) is 9.11. The number of aromatic amines is 1. The Balaban J connectivity index is 0.000000167. The van der Waals surface area contributed by atoms with Gasteiger partial charge in [-0.2, -0.15) is 12.6 Å². The van der Waals surface area contributed by atoms with Crippen LogP contribution in [0.4, 0.5) is 0 Å². The normalized spacial score (nSPS) is 11.6. The van der Waals surface area contributed by atoms with Crippen molar-refractivity contribution in [3.63, 3.8) is 0 Å². The van der Waals surface area contributed by atoms with Crippen molar-refractivity contribution in [3.8, 4) is 0 Å². The molecule has 1 aromatic heterocycles. The summed E-state index contributed by atoms with van der Waals surface area (Å²) in [5, 5.41) is 7.38. The minimum atomic E-state index is -0.877. The molecule has 4 nitrogen and oxygen atoms in total. The smallest absolute Gasteiger partial charge is 0.316 e. The van der Waals surface area contributed by atoms with Crippen LogP contribution in [0.25, 0.3) is 11.0 Å². The molecule has 0 fully saturated rings. The SMILES string of the molecule is CC(S)C(=O)O.c1ccc2[nH]cnc2c1. The van der Waals surface area contributed by atoms with E-state index in [-0.39, 0.29) is 0 Å². The molecule has 0 saturated heterocycles. The van der Waals surface area contributed by atoms with Crippen LogP contribution in [-0.2, 0) is 4.79 Å². The number of nitrogens with zero attached hydrogens (tertiary/aromatic N) is 1. The molecular weight excluding hydrogens is 212 g/mol. The van der Waals surface area contributed by atoms with Crippen LogP contribution in [0.3, 0.4) is 0 Å². The molecule has 0 aliphatic heterocycles. The Morgan fingerprint density at radius 1 is 1.53 bits per heavy atom. The van der Waals surface area contributed by atoms with Crippen molar-refractivity contribution in [3.05, 3.63) is 30.6 Å². The second-order valence-electron chi connectivity index (χ2n) is 2.93. The zero-order chi connectivity index (χ0) is 11.3. The molecule has 0 saturated carbocycles. The van der Waals surface area contributed by atoms with Gasteiger partial charge in [-0.05, 0) is 19.1 Å². The third-order valence-corrected chi connectivity index (χ3v) is 1.91. The van der Waals surface area contributed by atoms with Crippen molar-refractivity contribution >= 4 is 29.6 Å². The first-order valence-corrected chi connectivity index (χ1v) is 4.92. The number of aromatic nitrogens is 2. The summed E-state index contributed by atoms with van der Waals surface area (Å²) in [6.45, 7) is 1.51. The van der Waals surface area contributed by atoms with Crippen molar-refractivity contribution in [2.24, 2.45) is 0 Å². The Bertz CT molecular complexity index is 409. The molecule has 0 bridgehead atoms. The number of carbonyl (C=O) groups is 1. The molecule has 1 atom stereocenters. The fourth-order valence-electron chi connectivity index (χ4n) is 0.880. The molecule has 2 aromatic rings. The molecule has 1 aromatic carbocycles. The van der Waals surface area contributed by atoms with Crippen molar-refractivity contribution in [1.29, 1.82) is 0 Å². The number of hydrogen-bond acceptors (Lipinski definition) is 3. The fourth-order valence-corrected chi connectivity index (χ4v) is 0.880. The second-order valence-corrected chi connectivity index (χ2v) is 3.71. The lowest BCUT2D eigenvalue weighted by molar-refractivity contribution is -0.136. The number of para-hydroxylation sites is 2. The van der Waals surface area contributed by atoms with E-state index in [1.807, 2.05) is 24.3 Å². The number of hydrogen-bond donors (Lipinski definition) is 3. The van der Waals surface area contributed by atoms with Crippen LogP contribution in [0.5, 0.6) is 0 Å². The molecule has 15 heavy (non-hydrogen) atoms. The monoisotopic (exact) mass is 224 g/mol. The lowest BCUT2D eigenvalue weighted by Crippen LogP contribution is -2.06. The van der Waals surface area contributed by atoms with Crippen molar-refractivity contribution in [2.45, 2.75) is 12.2 Å². The Kier molecular flexibility index (Phi) is 4.17. The summed E-state index contributed by atoms with van der Waals surface area (Å²) < 4.78 is 0. The van der Waals surface area contributed by atoms with Crippen LogP contribution in [0, 0.1) is 0 Å². The predicted octanol–water partition coefficient (Wildman–Crippen LogP) is 1.95. The summed E-state index contributed by atoms with van der Waals surface area (Å²) in [5.41, 5.74) is 2.12. The van der Waals surface area contributed by atoms with E-state index in [1.165, 1.54) is 6.92 Å². The maximum Gasteiger partial charge on any atom is 0.316 e. The first-order chi connectivity index (χ1) is 7.11. The lowest BCUT2D eigenvalue weighted by atomic mass is 10.3. The first kappa shape index (κ1) is 11.6. The van der Waals surface area contributed by atoms with Gasteiger partial charge in [0.05, 0.1) is 22.6 Å². The van der Waals surface area contributed by atoms with Gasteiger partial charge in [-0.1, -0.05) is 12.1 Å². The molecule has 0 aliphatic rings. The zero-order valence-electron chi connectivity index (χ0n) is 8.21. The van der Waals surface area contributed by atoms with Crippen molar-refractivity contribution < 1.29 is 9.90 Å². The number of nitrogens with one attached hydrogen (secondary N) is 1. The average molecular weight is 224 g/mol. The van der Waals surface area contributed by atoms with E-state index in [0.29, 0.717) is 0 Å². The standard InChI is InChI=1S/C7H6N2.C3H6O2S/c1-2-4-7-6(3-1)8-5-9-7;1-2(6)3(4)5/h1-5H,(H,8,9);2,6H,1H3,(H,4,5). The van der Waals surface area contributed by atoms with Gasteiger partial charge in [-0.15, -0.1) is 0 Å². The summed E-state index contributed by atoms with van der Waals surface area (Å²) in [4.78, 5) is 16.7. The summed E-state index contributed by atoms with van der Waals surface area (Å²) in [6.07, 6.45) is 1.70. The van der Waals surface area contributed by atoms with Gasteiger partial charge in [0.25, 0.3) is 0 Å². The number of imidazole rings is 1. The minimum Gasteiger partial charge on any atom is -0.480 e. The highest BCUT2D eigenvalue weighted by atomic mass is 32.1. The maximum atomic E-state index is 9.62. The number of thiol groups is 1.